The molecule has 0 spiro atoms. The van der Waals surface area contributed by atoms with Gasteiger partial charge in [-0.3, -0.25) is 4.79 Å². The van der Waals surface area contributed by atoms with Gasteiger partial charge in [0, 0.05) is 6.54 Å². The maximum Gasteiger partial charge on any atom is 0.248 e. The Morgan fingerprint density at radius 3 is 3.00 bits per heavy atom. The average molecular weight is 284 g/mol. The standard InChI is InChI=1S/C14H18ClNO3/c1-3-6-16-8-13(19-9-14(16)17)10-4-5-11(15)12(7-10)18-2/h4-5,7,13H,3,6,8-9H2,1-2H3. The molecule has 19 heavy (non-hydrogen) atoms. The molecule has 104 valence electrons. The summed E-state index contributed by atoms with van der Waals surface area (Å²) in [5.74, 6) is 0.681. The first-order valence-electron chi connectivity index (χ1n) is 6.38. The molecule has 1 unspecified atom stereocenters. The van der Waals surface area contributed by atoms with E-state index in [4.69, 9.17) is 21.1 Å². The van der Waals surface area contributed by atoms with Gasteiger partial charge in [-0.05, 0) is 24.1 Å². The minimum Gasteiger partial charge on any atom is -0.495 e. The first kappa shape index (κ1) is 14.2. The van der Waals surface area contributed by atoms with E-state index in [2.05, 4.69) is 6.92 Å². The molecule has 0 N–H and O–H groups in total. The Labute approximate surface area is 118 Å². The Balaban J connectivity index is 2.15. The molecule has 1 aromatic carbocycles. The van der Waals surface area contributed by atoms with E-state index in [1.54, 1.807) is 13.2 Å². The first-order chi connectivity index (χ1) is 9.15. The zero-order valence-corrected chi connectivity index (χ0v) is 11.9. The zero-order valence-electron chi connectivity index (χ0n) is 11.2. The molecule has 2 rings (SSSR count). The topological polar surface area (TPSA) is 38.8 Å². The monoisotopic (exact) mass is 283 g/mol. The fraction of sp³-hybridized carbons (Fsp3) is 0.500. The fourth-order valence-electron chi connectivity index (χ4n) is 2.18. The number of halogens is 1. The number of ether oxygens (including phenoxy) is 2. The van der Waals surface area contributed by atoms with E-state index >= 15 is 0 Å². The lowest BCUT2D eigenvalue weighted by Gasteiger charge is -2.33. The van der Waals surface area contributed by atoms with Crippen molar-refractivity contribution in [2.24, 2.45) is 0 Å². The van der Waals surface area contributed by atoms with Crippen molar-refractivity contribution in [1.29, 1.82) is 0 Å². The van der Waals surface area contributed by atoms with Crippen LogP contribution in [0.4, 0.5) is 0 Å². The highest BCUT2D eigenvalue weighted by atomic mass is 35.5. The molecule has 4 nitrogen and oxygen atoms in total. The highest BCUT2D eigenvalue weighted by Gasteiger charge is 2.27. The predicted molar refractivity (Wildman–Crippen MR) is 73.6 cm³/mol. The molecule has 0 bridgehead atoms. The highest BCUT2D eigenvalue weighted by molar-refractivity contribution is 6.32. The van der Waals surface area contributed by atoms with Crippen LogP contribution in [0.5, 0.6) is 5.75 Å². The highest BCUT2D eigenvalue weighted by Crippen LogP contribution is 2.30. The first-order valence-corrected chi connectivity index (χ1v) is 6.76. The van der Waals surface area contributed by atoms with Crippen molar-refractivity contribution >= 4 is 17.5 Å². The van der Waals surface area contributed by atoms with Crippen molar-refractivity contribution in [1.82, 2.24) is 4.90 Å². The van der Waals surface area contributed by atoms with Crippen LogP contribution in [0.3, 0.4) is 0 Å². The SMILES string of the molecule is CCCN1CC(c2ccc(Cl)c(OC)c2)OCC1=O. The van der Waals surface area contributed by atoms with E-state index in [1.165, 1.54) is 0 Å². The lowest BCUT2D eigenvalue weighted by molar-refractivity contribution is -0.149. The smallest absolute Gasteiger partial charge is 0.248 e. The summed E-state index contributed by atoms with van der Waals surface area (Å²) in [5, 5.41) is 0.573. The van der Waals surface area contributed by atoms with Gasteiger partial charge in [-0.2, -0.15) is 0 Å². The summed E-state index contributed by atoms with van der Waals surface area (Å²) >= 11 is 6.01. The van der Waals surface area contributed by atoms with Crippen LogP contribution in [-0.4, -0.2) is 37.6 Å². The van der Waals surface area contributed by atoms with E-state index in [0.717, 1.165) is 18.5 Å². The summed E-state index contributed by atoms with van der Waals surface area (Å²) < 4.78 is 10.8. The van der Waals surface area contributed by atoms with Crippen LogP contribution in [0, 0.1) is 0 Å². The lowest BCUT2D eigenvalue weighted by atomic mass is 10.1. The molecular formula is C14H18ClNO3. The molecule has 1 amide bonds. The molecule has 1 atom stereocenters. The van der Waals surface area contributed by atoms with Crippen LogP contribution in [0.1, 0.15) is 25.0 Å². The molecule has 1 saturated heterocycles. The van der Waals surface area contributed by atoms with E-state index in [9.17, 15) is 4.79 Å². The van der Waals surface area contributed by atoms with Gasteiger partial charge in [0.2, 0.25) is 5.91 Å². The Morgan fingerprint density at radius 1 is 1.53 bits per heavy atom. The van der Waals surface area contributed by atoms with Gasteiger partial charge in [0.05, 0.1) is 18.7 Å². The van der Waals surface area contributed by atoms with Crippen molar-refractivity contribution in [3.63, 3.8) is 0 Å². The van der Waals surface area contributed by atoms with Crippen LogP contribution < -0.4 is 4.74 Å². The molecule has 1 heterocycles. The summed E-state index contributed by atoms with van der Waals surface area (Å²) in [7, 11) is 1.58. The molecule has 1 aliphatic rings. The van der Waals surface area contributed by atoms with Gasteiger partial charge in [-0.1, -0.05) is 24.6 Å². The molecule has 1 aliphatic heterocycles. The van der Waals surface area contributed by atoms with E-state index in [-0.39, 0.29) is 18.6 Å². The number of rotatable bonds is 4. The Kier molecular flexibility index (Phi) is 4.66. The number of morpholine rings is 1. The average Bonchev–Trinajstić information content (AvgIpc) is 2.42. The minimum atomic E-state index is -0.115. The number of methoxy groups -OCH3 is 1. The van der Waals surface area contributed by atoms with Gasteiger partial charge in [0.1, 0.15) is 18.5 Å². The summed E-state index contributed by atoms with van der Waals surface area (Å²) in [6.07, 6.45) is 0.831. The van der Waals surface area contributed by atoms with Gasteiger partial charge >= 0.3 is 0 Å². The van der Waals surface area contributed by atoms with Gasteiger partial charge < -0.3 is 14.4 Å². The molecule has 5 heteroatoms. The predicted octanol–water partition coefficient (Wildman–Crippen LogP) is 2.66. The molecule has 0 aromatic heterocycles. The number of hydrogen-bond acceptors (Lipinski definition) is 3. The van der Waals surface area contributed by atoms with E-state index in [0.29, 0.717) is 17.3 Å². The third-order valence-corrected chi connectivity index (χ3v) is 3.50. The molecule has 1 aromatic rings. The van der Waals surface area contributed by atoms with Crippen molar-refractivity contribution < 1.29 is 14.3 Å². The number of hydrogen-bond donors (Lipinski definition) is 0. The second-order valence-corrected chi connectivity index (χ2v) is 4.94. The second kappa shape index (κ2) is 6.26. The molecule has 0 saturated carbocycles. The van der Waals surface area contributed by atoms with Crippen LogP contribution in [0.15, 0.2) is 18.2 Å². The van der Waals surface area contributed by atoms with Crippen LogP contribution >= 0.6 is 11.6 Å². The molecule has 0 aliphatic carbocycles. The normalized spacial score (nSPS) is 19.6. The van der Waals surface area contributed by atoms with Crippen LogP contribution in [-0.2, 0) is 9.53 Å². The van der Waals surface area contributed by atoms with Gasteiger partial charge in [0.25, 0.3) is 0 Å². The second-order valence-electron chi connectivity index (χ2n) is 4.53. The van der Waals surface area contributed by atoms with Crippen LogP contribution in [0.2, 0.25) is 5.02 Å². The number of carbonyl (C=O) groups is 1. The number of amides is 1. The third-order valence-electron chi connectivity index (χ3n) is 3.19. The summed E-state index contributed by atoms with van der Waals surface area (Å²) in [6, 6.07) is 5.57. The van der Waals surface area contributed by atoms with Crippen molar-refractivity contribution in [3.8, 4) is 5.75 Å². The van der Waals surface area contributed by atoms with Crippen LogP contribution in [0.25, 0.3) is 0 Å². The van der Waals surface area contributed by atoms with E-state index in [1.807, 2.05) is 17.0 Å². The number of benzene rings is 1. The van der Waals surface area contributed by atoms with Crippen molar-refractivity contribution in [2.45, 2.75) is 19.4 Å². The Hall–Kier alpha value is -1.26. The fourth-order valence-corrected chi connectivity index (χ4v) is 2.38. The van der Waals surface area contributed by atoms with Crippen molar-refractivity contribution in [3.05, 3.63) is 28.8 Å². The number of carbonyl (C=O) groups excluding carboxylic acids is 1. The quantitative estimate of drug-likeness (QED) is 0.853. The lowest BCUT2D eigenvalue weighted by Crippen LogP contribution is -2.43. The van der Waals surface area contributed by atoms with E-state index < -0.39 is 0 Å². The molecular weight excluding hydrogens is 266 g/mol. The Morgan fingerprint density at radius 2 is 2.32 bits per heavy atom. The largest absolute Gasteiger partial charge is 0.495 e. The summed E-state index contributed by atoms with van der Waals surface area (Å²) in [5.41, 5.74) is 0.981. The maximum absolute atomic E-state index is 11.7. The zero-order chi connectivity index (χ0) is 13.8. The number of nitrogens with zero attached hydrogens (tertiary/aromatic N) is 1. The summed E-state index contributed by atoms with van der Waals surface area (Å²) in [4.78, 5) is 13.5. The maximum atomic E-state index is 11.7. The minimum absolute atomic E-state index is 0.0547. The van der Waals surface area contributed by atoms with Crippen molar-refractivity contribution in [2.75, 3.05) is 26.8 Å². The molecule has 0 radical (unpaired) electrons. The third kappa shape index (κ3) is 3.19. The van der Waals surface area contributed by atoms with Gasteiger partial charge in [0.15, 0.2) is 0 Å². The Bertz CT molecular complexity index is 464. The summed E-state index contributed by atoms with van der Waals surface area (Å²) in [6.45, 7) is 3.54. The van der Waals surface area contributed by atoms with Gasteiger partial charge in [-0.15, -0.1) is 0 Å². The molecule has 1 fully saturated rings. The van der Waals surface area contributed by atoms with Gasteiger partial charge in [-0.25, -0.2) is 0 Å².